The fourth-order valence-electron chi connectivity index (χ4n) is 1.45. The first-order valence-electron chi connectivity index (χ1n) is 5.85. The van der Waals surface area contributed by atoms with Gasteiger partial charge in [0, 0.05) is 20.1 Å². The second-order valence-electron chi connectivity index (χ2n) is 4.22. The molecule has 0 aliphatic heterocycles. The zero-order chi connectivity index (χ0) is 14.4. The van der Waals surface area contributed by atoms with Crippen molar-refractivity contribution in [1.29, 1.82) is 0 Å². The van der Waals surface area contributed by atoms with Gasteiger partial charge >= 0.3 is 13.5 Å². The number of rotatable bonds is 9. The molecule has 0 saturated carbocycles. The molecule has 0 aliphatic rings. The molecule has 0 spiro atoms. The van der Waals surface area contributed by atoms with Crippen LogP contribution in [0.15, 0.2) is 0 Å². The Kier molecular flexibility index (Phi) is 7.18. The van der Waals surface area contributed by atoms with Gasteiger partial charge in [-0.1, -0.05) is 26.7 Å². The molecule has 1 unspecified atom stereocenters. The van der Waals surface area contributed by atoms with E-state index in [1.54, 1.807) is 0 Å². The Morgan fingerprint density at radius 2 is 1.83 bits per heavy atom. The van der Waals surface area contributed by atoms with Crippen molar-refractivity contribution in [2.75, 3.05) is 20.4 Å². The minimum Gasteiger partial charge on any atom is -0.312 e. The van der Waals surface area contributed by atoms with Crippen LogP contribution in [0.1, 0.15) is 33.1 Å². The lowest BCUT2D eigenvalue weighted by molar-refractivity contribution is -0.148. The van der Waals surface area contributed by atoms with E-state index in [4.69, 9.17) is 0 Å². The predicted octanol–water partition coefficient (Wildman–Crippen LogP) is 3.50. The van der Waals surface area contributed by atoms with E-state index in [9.17, 15) is 18.1 Å². The molecule has 0 fully saturated rings. The lowest BCUT2D eigenvalue weighted by Gasteiger charge is -2.23. The molecule has 0 heterocycles. The molecule has 0 saturated heterocycles. The third-order valence-corrected chi connectivity index (χ3v) is 4.66. The Morgan fingerprint density at radius 1 is 1.33 bits per heavy atom. The van der Waals surface area contributed by atoms with Crippen molar-refractivity contribution < 1.29 is 27.2 Å². The van der Waals surface area contributed by atoms with Crippen LogP contribution in [-0.2, 0) is 18.4 Å². The van der Waals surface area contributed by atoms with Crippen LogP contribution in [0.2, 0.25) is 0 Å². The first-order valence-corrected chi connectivity index (χ1v) is 7.58. The number of unbranched alkanes of at least 4 members (excludes halogenated alkanes) is 1. The molecule has 0 radical (unpaired) electrons. The second-order valence-corrected chi connectivity index (χ2v) is 6.49. The number of hydrogen-bond donors (Lipinski definition) is 0. The summed E-state index contributed by atoms with van der Waals surface area (Å²) in [5, 5.41) is 0. The number of alkyl halides is 2. The predicted molar refractivity (Wildman–Crippen MR) is 65.1 cm³/mol. The van der Waals surface area contributed by atoms with Crippen LogP contribution in [0.4, 0.5) is 8.78 Å². The van der Waals surface area contributed by atoms with Gasteiger partial charge in [-0.15, -0.1) is 0 Å². The smallest absolute Gasteiger partial charge is 0.312 e. The SMILES string of the molecule is CCCCC(C)C(F)(F)C(=O)CP(=O)(OC)OC. The van der Waals surface area contributed by atoms with Crippen molar-refractivity contribution in [1.82, 2.24) is 0 Å². The summed E-state index contributed by atoms with van der Waals surface area (Å²) < 4.78 is 48.1. The molecular formula is C11H21F2O4P. The van der Waals surface area contributed by atoms with Gasteiger partial charge in [0.15, 0.2) is 0 Å². The monoisotopic (exact) mass is 286 g/mol. The molecule has 0 bridgehead atoms. The van der Waals surface area contributed by atoms with E-state index in [0.29, 0.717) is 6.42 Å². The number of ketones is 1. The Hall–Kier alpha value is -0.320. The lowest BCUT2D eigenvalue weighted by atomic mass is 9.95. The summed E-state index contributed by atoms with van der Waals surface area (Å²) in [5.41, 5.74) is 0. The maximum absolute atomic E-state index is 13.8. The quantitative estimate of drug-likeness (QED) is 0.609. The van der Waals surface area contributed by atoms with Crippen molar-refractivity contribution in [3.8, 4) is 0 Å². The Labute approximate surface area is 107 Å². The van der Waals surface area contributed by atoms with Gasteiger partial charge < -0.3 is 9.05 Å². The number of carbonyl (C=O) groups excluding carboxylic acids is 1. The van der Waals surface area contributed by atoms with Gasteiger partial charge in [0.1, 0.15) is 6.16 Å². The van der Waals surface area contributed by atoms with Gasteiger partial charge in [-0.25, -0.2) is 0 Å². The van der Waals surface area contributed by atoms with E-state index in [1.807, 2.05) is 6.92 Å². The zero-order valence-electron chi connectivity index (χ0n) is 11.2. The van der Waals surface area contributed by atoms with E-state index >= 15 is 0 Å². The number of Topliss-reactive ketones (excluding diaryl/α,β-unsaturated/α-hetero) is 1. The maximum atomic E-state index is 13.8. The third-order valence-electron chi connectivity index (χ3n) is 2.87. The van der Waals surface area contributed by atoms with Crippen LogP contribution in [0, 0.1) is 5.92 Å². The molecule has 0 amide bonds. The van der Waals surface area contributed by atoms with Crippen molar-refractivity contribution >= 4 is 13.4 Å². The van der Waals surface area contributed by atoms with Crippen molar-refractivity contribution in [3.63, 3.8) is 0 Å². The van der Waals surface area contributed by atoms with Crippen molar-refractivity contribution in [2.45, 2.75) is 39.0 Å². The molecule has 108 valence electrons. The van der Waals surface area contributed by atoms with Gasteiger partial charge in [-0.3, -0.25) is 9.36 Å². The van der Waals surface area contributed by atoms with Gasteiger partial charge in [0.2, 0.25) is 5.78 Å². The summed E-state index contributed by atoms with van der Waals surface area (Å²) in [5.74, 6) is -5.97. The molecule has 0 aromatic carbocycles. The molecule has 0 aliphatic carbocycles. The maximum Gasteiger partial charge on any atom is 0.337 e. The highest BCUT2D eigenvalue weighted by Gasteiger charge is 2.46. The molecular weight excluding hydrogens is 265 g/mol. The summed E-state index contributed by atoms with van der Waals surface area (Å²) in [6.07, 6.45) is 0.752. The largest absolute Gasteiger partial charge is 0.337 e. The average Bonchev–Trinajstić information content (AvgIpc) is 2.35. The van der Waals surface area contributed by atoms with Gasteiger partial charge in [-0.2, -0.15) is 8.78 Å². The van der Waals surface area contributed by atoms with Crippen LogP contribution < -0.4 is 0 Å². The summed E-state index contributed by atoms with van der Waals surface area (Å²) in [6, 6.07) is 0. The highest BCUT2D eigenvalue weighted by atomic mass is 31.2. The Balaban J connectivity index is 4.70. The highest BCUT2D eigenvalue weighted by Crippen LogP contribution is 2.48. The molecule has 4 nitrogen and oxygen atoms in total. The Bertz CT molecular complexity index is 312. The van der Waals surface area contributed by atoms with Gasteiger partial charge in [0.05, 0.1) is 0 Å². The highest BCUT2D eigenvalue weighted by molar-refractivity contribution is 7.54. The first kappa shape index (κ1) is 17.7. The summed E-state index contributed by atoms with van der Waals surface area (Å²) >= 11 is 0. The number of hydrogen-bond acceptors (Lipinski definition) is 4. The summed E-state index contributed by atoms with van der Waals surface area (Å²) in [6.45, 7) is 3.20. The molecule has 0 N–H and O–H groups in total. The van der Waals surface area contributed by atoms with Gasteiger partial charge in [-0.05, 0) is 6.42 Å². The lowest BCUT2D eigenvalue weighted by Crippen LogP contribution is -2.38. The fraction of sp³-hybridized carbons (Fsp3) is 0.909. The second kappa shape index (κ2) is 7.31. The van der Waals surface area contributed by atoms with Crippen LogP contribution in [0.25, 0.3) is 0 Å². The average molecular weight is 286 g/mol. The van der Waals surface area contributed by atoms with Crippen LogP contribution >= 0.6 is 7.60 Å². The molecule has 0 aromatic rings. The number of halogens is 2. The number of carbonyl (C=O) groups is 1. The van der Waals surface area contributed by atoms with Crippen LogP contribution in [-0.4, -0.2) is 32.1 Å². The first-order chi connectivity index (χ1) is 8.23. The molecule has 1 atom stereocenters. The van der Waals surface area contributed by atoms with Crippen molar-refractivity contribution in [2.24, 2.45) is 5.92 Å². The van der Waals surface area contributed by atoms with E-state index < -0.39 is 31.4 Å². The van der Waals surface area contributed by atoms with Crippen LogP contribution in [0.5, 0.6) is 0 Å². The summed E-state index contributed by atoms with van der Waals surface area (Å²) in [7, 11) is -1.60. The minimum absolute atomic E-state index is 0.250. The van der Waals surface area contributed by atoms with Gasteiger partial charge in [0.25, 0.3) is 0 Å². The standard InChI is InChI=1S/C11H21F2O4P/c1-5-6-7-9(2)11(12,13)10(14)8-18(15,16-3)17-4/h9H,5-8H2,1-4H3. The normalized spacial score (nSPS) is 14.6. The minimum atomic E-state index is -3.73. The topological polar surface area (TPSA) is 52.6 Å². The molecule has 18 heavy (non-hydrogen) atoms. The van der Waals surface area contributed by atoms with E-state index in [0.717, 1.165) is 20.6 Å². The van der Waals surface area contributed by atoms with E-state index in [1.165, 1.54) is 6.92 Å². The third kappa shape index (κ3) is 4.75. The van der Waals surface area contributed by atoms with E-state index in [2.05, 4.69) is 9.05 Å². The molecule has 7 heteroatoms. The van der Waals surface area contributed by atoms with Crippen LogP contribution in [0.3, 0.4) is 0 Å². The van der Waals surface area contributed by atoms with Crippen molar-refractivity contribution in [3.05, 3.63) is 0 Å². The Morgan fingerprint density at radius 3 is 2.22 bits per heavy atom. The zero-order valence-corrected chi connectivity index (χ0v) is 12.1. The fourth-order valence-corrected chi connectivity index (χ4v) is 2.42. The summed E-state index contributed by atoms with van der Waals surface area (Å²) in [4.78, 5) is 11.5. The molecule has 0 aromatic heterocycles. The van der Waals surface area contributed by atoms with E-state index in [-0.39, 0.29) is 6.42 Å². The molecule has 0 rings (SSSR count).